The second kappa shape index (κ2) is 3.00. The summed E-state index contributed by atoms with van der Waals surface area (Å²) in [6, 6.07) is 0. The normalized spacial score (nSPS) is 29.4. The number of hydrogen-bond acceptors (Lipinski definition) is 4. The highest BCUT2D eigenvalue weighted by molar-refractivity contribution is 7.99. The molecule has 0 aromatic carbocycles. The van der Waals surface area contributed by atoms with E-state index in [0.29, 0.717) is 5.92 Å². The van der Waals surface area contributed by atoms with Crippen molar-refractivity contribution in [1.82, 2.24) is 4.98 Å². The van der Waals surface area contributed by atoms with Crippen molar-refractivity contribution in [2.45, 2.75) is 30.7 Å². The molecule has 2 aliphatic rings. The molecule has 3 rings (SSSR count). The SMILES string of the molecule is NC1(c2nc(C3CCSC3)co2)CC1. The standard InChI is InChI=1S/C10H14N2OS/c11-10(2-3-10)9-12-8(5-13-9)7-1-4-14-6-7/h5,7H,1-4,6,11H2. The minimum absolute atomic E-state index is 0.218. The highest BCUT2D eigenvalue weighted by Crippen LogP contribution is 2.43. The molecule has 1 saturated heterocycles. The van der Waals surface area contributed by atoms with Crippen LogP contribution in [-0.2, 0) is 5.54 Å². The van der Waals surface area contributed by atoms with Crippen LogP contribution in [0.25, 0.3) is 0 Å². The Morgan fingerprint density at radius 1 is 1.57 bits per heavy atom. The lowest BCUT2D eigenvalue weighted by atomic mass is 10.1. The van der Waals surface area contributed by atoms with Gasteiger partial charge in [0.1, 0.15) is 6.26 Å². The van der Waals surface area contributed by atoms with Gasteiger partial charge in [-0.05, 0) is 25.0 Å². The van der Waals surface area contributed by atoms with Crippen molar-refractivity contribution in [2.24, 2.45) is 5.73 Å². The Balaban J connectivity index is 1.82. The van der Waals surface area contributed by atoms with Crippen LogP contribution in [0.15, 0.2) is 10.7 Å². The van der Waals surface area contributed by atoms with Crippen molar-refractivity contribution in [1.29, 1.82) is 0 Å². The molecule has 2 heterocycles. The first-order chi connectivity index (χ1) is 6.78. The highest BCUT2D eigenvalue weighted by atomic mass is 32.2. The van der Waals surface area contributed by atoms with Crippen molar-refractivity contribution >= 4 is 11.8 Å². The Kier molecular flexibility index (Phi) is 1.89. The summed E-state index contributed by atoms with van der Waals surface area (Å²) in [7, 11) is 0. The van der Waals surface area contributed by atoms with Gasteiger partial charge in [-0.3, -0.25) is 0 Å². The van der Waals surface area contributed by atoms with E-state index in [0.717, 1.165) is 24.4 Å². The number of oxazole rings is 1. The zero-order valence-electron chi connectivity index (χ0n) is 8.03. The minimum Gasteiger partial charge on any atom is -0.447 e. The molecule has 0 bridgehead atoms. The second-order valence-electron chi connectivity index (χ2n) is 4.29. The molecule has 14 heavy (non-hydrogen) atoms. The molecule has 0 spiro atoms. The largest absolute Gasteiger partial charge is 0.447 e. The molecule has 3 nitrogen and oxygen atoms in total. The van der Waals surface area contributed by atoms with Crippen LogP contribution in [0.4, 0.5) is 0 Å². The van der Waals surface area contributed by atoms with Gasteiger partial charge in [0, 0.05) is 11.7 Å². The molecule has 0 amide bonds. The van der Waals surface area contributed by atoms with E-state index in [1.54, 1.807) is 6.26 Å². The van der Waals surface area contributed by atoms with Crippen LogP contribution in [-0.4, -0.2) is 16.5 Å². The van der Waals surface area contributed by atoms with Crippen molar-refractivity contribution in [2.75, 3.05) is 11.5 Å². The topological polar surface area (TPSA) is 52.0 Å². The number of thioether (sulfide) groups is 1. The highest BCUT2D eigenvalue weighted by Gasteiger charge is 2.45. The molecule has 1 aliphatic carbocycles. The Morgan fingerprint density at radius 2 is 2.43 bits per heavy atom. The minimum atomic E-state index is -0.218. The van der Waals surface area contributed by atoms with Crippen LogP contribution in [0.5, 0.6) is 0 Å². The number of hydrogen-bond donors (Lipinski definition) is 1. The van der Waals surface area contributed by atoms with Gasteiger partial charge in [-0.15, -0.1) is 0 Å². The average Bonchev–Trinajstić information content (AvgIpc) is 2.73. The average molecular weight is 210 g/mol. The maximum Gasteiger partial charge on any atom is 0.214 e. The van der Waals surface area contributed by atoms with E-state index >= 15 is 0 Å². The lowest BCUT2D eigenvalue weighted by Gasteiger charge is -2.02. The fourth-order valence-electron chi connectivity index (χ4n) is 1.82. The third-order valence-electron chi connectivity index (χ3n) is 3.08. The van der Waals surface area contributed by atoms with Gasteiger partial charge in [0.05, 0.1) is 11.2 Å². The summed E-state index contributed by atoms with van der Waals surface area (Å²) in [5.74, 6) is 3.79. The molecule has 2 fully saturated rings. The van der Waals surface area contributed by atoms with Gasteiger partial charge in [0.15, 0.2) is 0 Å². The second-order valence-corrected chi connectivity index (χ2v) is 5.44. The predicted octanol–water partition coefficient (Wildman–Crippen LogP) is 1.84. The van der Waals surface area contributed by atoms with Gasteiger partial charge in [-0.1, -0.05) is 0 Å². The van der Waals surface area contributed by atoms with E-state index in [4.69, 9.17) is 10.2 Å². The summed E-state index contributed by atoms with van der Waals surface area (Å²) in [6.45, 7) is 0. The third-order valence-corrected chi connectivity index (χ3v) is 4.25. The van der Waals surface area contributed by atoms with E-state index < -0.39 is 0 Å². The van der Waals surface area contributed by atoms with Crippen LogP contribution in [0.3, 0.4) is 0 Å². The first kappa shape index (κ1) is 8.80. The molecule has 1 unspecified atom stereocenters. The molecule has 2 N–H and O–H groups in total. The van der Waals surface area contributed by atoms with Gasteiger partial charge in [0.2, 0.25) is 5.89 Å². The summed E-state index contributed by atoms with van der Waals surface area (Å²) >= 11 is 2.00. The molecule has 1 saturated carbocycles. The van der Waals surface area contributed by atoms with Crippen molar-refractivity contribution in [3.8, 4) is 0 Å². The lowest BCUT2D eigenvalue weighted by molar-refractivity contribution is 0.440. The van der Waals surface area contributed by atoms with Crippen molar-refractivity contribution < 1.29 is 4.42 Å². The monoisotopic (exact) mass is 210 g/mol. The molecular formula is C10H14N2OS. The van der Waals surface area contributed by atoms with Gasteiger partial charge < -0.3 is 10.2 Å². The molecule has 1 aliphatic heterocycles. The Hall–Kier alpha value is -0.480. The van der Waals surface area contributed by atoms with E-state index in [1.807, 2.05) is 11.8 Å². The summed E-state index contributed by atoms with van der Waals surface area (Å²) in [4.78, 5) is 4.52. The fraction of sp³-hybridized carbons (Fsp3) is 0.700. The smallest absolute Gasteiger partial charge is 0.214 e. The quantitative estimate of drug-likeness (QED) is 0.809. The van der Waals surface area contributed by atoms with Crippen molar-refractivity contribution in [3.63, 3.8) is 0 Å². The van der Waals surface area contributed by atoms with Crippen LogP contribution in [0, 0.1) is 0 Å². The number of nitrogens with two attached hydrogens (primary N) is 1. The summed E-state index contributed by atoms with van der Waals surface area (Å²) in [6.07, 6.45) is 5.08. The van der Waals surface area contributed by atoms with E-state index in [2.05, 4.69) is 4.98 Å². The summed E-state index contributed by atoms with van der Waals surface area (Å²) < 4.78 is 5.46. The maximum absolute atomic E-state index is 6.02. The Morgan fingerprint density at radius 3 is 3.07 bits per heavy atom. The van der Waals surface area contributed by atoms with E-state index in [1.165, 1.54) is 17.9 Å². The van der Waals surface area contributed by atoms with E-state index in [9.17, 15) is 0 Å². The van der Waals surface area contributed by atoms with Gasteiger partial charge in [-0.2, -0.15) is 11.8 Å². The summed E-state index contributed by atoms with van der Waals surface area (Å²) in [5, 5.41) is 0. The third kappa shape index (κ3) is 1.37. The molecule has 76 valence electrons. The van der Waals surface area contributed by atoms with E-state index in [-0.39, 0.29) is 5.54 Å². The molecule has 1 aromatic heterocycles. The molecule has 0 radical (unpaired) electrons. The van der Waals surface area contributed by atoms with Gasteiger partial charge in [-0.25, -0.2) is 4.98 Å². The van der Waals surface area contributed by atoms with Crippen molar-refractivity contribution in [3.05, 3.63) is 17.8 Å². The maximum atomic E-state index is 6.02. The predicted molar refractivity (Wildman–Crippen MR) is 56.3 cm³/mol. The first-order valence-electron chi connectivity index (χ1n) is 5.10. The van der Waals surface area contributed by atoms with Gasteiger partial charge >= 0.3 is 0 Å². The first-order valence-corrected chi connectivity index (χ1v) is 6.26. The van der Waals surface area contributed by atoms with Crippen LogP contribution in [0.2, 0.25) is 0 Å². The number of rotatable bonds is 2. The number of nitrogens with zero attached hydrogens (tertiary/aromatic N) is 1. The molecule has 1 atom stereocenters. The van der Waals surface area contributed by atoms with Crippen LogP contribution in [0.1, 0.15) is 36.8 Å². The Bertz CT molecular complexity index is 340. The van der Waals surface area contributed by atoms with Crippen LogP contribution < -0.4 is 5.73 Å². The zero-order valence-corrected chi connectivity index (χ0v) is 8.85. The molecular weight excluding hydrogens is 196 g/mol. The zero-order chi connectivity index (χ0) is 9.60. The van der Waals surface area contributed by atoms with Gasteiger partial charge in [0.25, 0.3) is 0 Å². The lowest BCUT2D eigenvalue weighted by Crippen LogP contribution is -2.19. The number of aromatic nitrogens is 1. The molecule has 4 heteroatoms. The molecule has 1 aromatic rings. The fourth-order valence-corrected chi connectivity index (χ4v) is 3.06. The summed E-state index contributed by atoms with van der Waals surface area (Å²) in [5.41, 5.74) is 6.91. The van der Waals surface area contributed by atoms with Crippen LogP contribution >= 0.6 is 11.8 Å². The Labute approximate surface area is 87.5 Å².